The molecule has 0 aromatic heterocycles. The Morgan fingerprint density at radius 3 is 2.48 bits per heavy atom. The van der Waals surface area contributed by atoms with Gasteiger partial charge in [0.1, 0.15) is 11.6 Å². The van der Waals surface area contributed by atoms with E-state index in [4.69, 9.17) is 5.11 Å². The maximum Gasteiger partial charge on any atom is 0.129 e. The molecule has 1 saturated heterocycles. The summed E-state index contributed by atoms with van der Waals surface area (Å²) in [7, 11) is 0. The number of benzene rings is 1. The summed E-state index contributed by atoms with van der Waals surface area (Å²) in [4.78, 5) is 2.38. The Kier molecular flexibility index (Phi) is 7.10. The van der Waals surface area contributed by atoms with Crippen molar-refractivity contribution in [3.8, 4) is 0 Å². The summed E-state index contributed by atoms with van der Waals surface area (Å²) in [5, 5.41) is 7.43. The molecule has 21 heavy (non-hydrogen) atoms. The maximum absolute atomic E-state index is 13.8. The summed E-state index contributed by atoms with van der Waals surface area (Å²) in [6, 6.07) is 3.95. The number of hydrogen-bond acceptors (Lipinski definition) is 3. The van der Waals surface area contributed by atoms with Crippen LogP contribution in [-0.4, -0.2) is 34.6 Å². The predicted octanol–water partition coefficient (Wildman–Crippen LogP) is 3.81. The highest BCUT2D eigenvalue weighted by Gasteiger charge is 2.29. The van der Waals surface area contributed by atoms with E-state index in [1.807, 2.05) is 0 Å². The quantitative estimate of drug-likeness (QED) is 0.608. The summed E-state index contributed by atoms with van der Waals surface area (Å²) in [6.45, 7) is 8.44. The standard InChI is InChI=1S/C15H21F2N.CH4OS/c1-15(2,3)18-8-4-5-11(10-18)13-7-6-12(16)9-14(13)17;2-1-3/h6-7,9,11H,4-5,8,10H2,1-3H3;2-3H,1H2. The van der Waals surface area contributed by atoms with Crippen LogP contribution in [0.3, 0.4) is 0 Å². The Hall–Kier alpha value is -0.650. The third-order valence-electron chi connectivity index (χ3n) is 3.77. The van der Waals surface area contributed by atoms with E-state index in [1.54, 1.807) is 6.07 Å². The van der Waals surface area contributed by atoms with Crippen molar-refractivity contribution in [3.05, 3.63) is 35.4 Å². The summed E-state index contributed by atoms with van der Waals surface area (Å²) in [6.07, 6.45) is 2.05. The largest absolute Gasteiger partial charge is 0.386 e. The minimum absolute atomic E-state index is 0.0556. The average Bonchev–Trinajstić information content (AvgIpc) is 2.39. The van der Waals surface area contributed by atoms with Gasteiger partial charge in [0, 0.05) is 18.2 Å². The van der Waals surface area contributed by atoms with Crippen LogP contribution in [0.25, 0.3) is 0 Å². The van der Waals surface area contributed by atoms with Crippen LogP contribution in [0.4, 0.5) is 8.78 Å². The number of hydrogen-bond donors (Lipinski definition) is 2. The highest BCUT2D eigenvalue weighted by atomic mass is 32.1. The van der Waals surface area contributed by atoms with Crippen LogP contribution in [0.15, 0.2) is 18.2 Å². The molecule has 0 amide bonds. The first-order valence-electron chi connectivity index (χ1n) is 7.21. The van der Waals surface area contributed by atoms with Crippen LogP contribution < -0.4 is 0 Å². The Balaban J connectivity index is 0.000000677. The first kappa shape index (κ1) is 18.4. The molecule has 2 nitrogen and oxygen atoms in total. The molecule has 0 spiro atoms. The van der Waals surface area contributed by atoms with Crippen molar-refractivity contribution in [3.63, 3.8) is 0 Å². The molecule has 1 atom stereocenters. The highest BCUT2D eigenvalue weighted by Crippen LogP contribution is 2.32. The van der Waals surface area contributed by atoms with Crippen molar-refractivity contribution >= 4 is 12.6 Å². The van der Waals surface area contributed by atoms with Crippen molar-refractivity contribution < 1.29 is 13.9 Å². The minimum atomic E-state index is -0.500. The third kappa shape index (κ3) is 5.57. The maximum atomic E-state index is 13.8. The van der Waals surface area contributed by atoms with Gasteiger partial charge in [-0.05, 0) is 57.7 Å². The van der Waals surface area contributed by atoms with Gasteiger partial charge in [0.15, 0.2) is 0 Å². The number of thiol groups is 1. The van der Waals surface area contributed by atoms with Gasteiger partial charge in [-0.3, -0.25) is 4.90 Å². The molecule has 120 valence electrons. The molecule has 0 saturated carbocycles. The number of nitrogens with zero attached hydrogens (tertiary/aromatic N) is 1. The molecule has 0 radical (unpaired) electrons. The fraction of sp³-hybridized carbons (Fsp3) is 0.625. The van der Waals surface area contributed by atoms with Crippen LogP contribution in [0.2, 0.25) is 0 Å². The molecule has 0 bridgehead atoms. The lowest BCUT2D eigenvalue weighted by Gasteiger charge is -2.41. The minimum Gasteiger partial charge on any atom is -0.386 e. The zero-order chi connectivity index (χ0) is 16.0. The summed E-state index contributed by atoms with van der Waals surface area (Å²) in [5.74, 6) is -0.783. The Bertz CT molecular complexity index is 448. The topological polar surface area (TPSA) is 23.5 Å². The van der Waals surface area contributed by atoms with Gasteiger partial charge in [0.2, 0.25) is 0 Å². The van der Waals surface area contributed by atoms with Gasteiger partial charge in [-0.15, -0.1) is 0 Å². The summed E-state index contributed by atoms with van der Waals surface area (Å²) < 4.78 is 26.7. The van der Waals surface area contributed by atoms with Crippen molar-refractivity contribution in [2.24, 2.45) is 0 Å². The first-order valence-corrected chi connectivity index (χ1v) is 7.84. The zero-order valence-corrected chi connectivity index (χ0v) is 13.8. The second-order valence-electron chi connectivity index (χ2n) is 6.26. The molecule has 1 fully saturated rings. The molecule has 1 N–H and O–H groups in total. The van der Waals surface area contributed by atoms with E-state index in [0.29, 0.717) is 5.56 Å². The van der Waals surface area contributed by atoms with Gasteiger partial charge >= 0.3 is 0 Å². The van der Waals surface area contributed by atoms with E-state index in [-0.39, 0.29) is 17.4 Å². The lowest BCUT2D eigenvalue weighted by Crippen LogP contribution is -2.46. The molecule has 1 unspecified atom stereocenters. The SMILES string of the molecule is CC(C)(C)N1CCCC(c2ccc(F)cc2F)C1.OCS. The molecule has 1 aliphatic rings. The van der Waals surface area contributed by atoms with Gasteiger partial charge in [-0.25, -0.2) is 8.78 Å². The summed E-state index contributed by atoms with van der Waals surface area (Å²) >= 11 is 3.34. The van der Waals surface area contributed by atoms with Gasteiger partial charge in [0.25, 0.3) is 0 Å². The molecule has 1 aromatic carbocycles. The van der Waals surface area contributed by atoms with Crippen molar-refractivity contribution in [1.82, 2.24) is 4.90 Å². The van der Waals surface area contributed by atoms with Gasteiger partial charge in [0.05, 0.1) is 5.94 Å². The molecule has 1 aromatic rings. The first-order chi connectivity index (χ1) is 9.79. The Morgan fingerprint density at radius 2 is 1.95 bits per heavy atom. The molecule has 1 heterocycles. The molecule has 2 rings (SSSR count). The third-order valence-corrected chi connectivity index (χ3v) is 3.77. The number of halogens is 2. The average molecular weight is 317 g/mol. The Morgan fingerprint density at radius 1 is 1.33 bits per heavy atom. The van der Waals surface area contributed by atoms with E-state index >= 15 is 0 Å². The van der Waals surface area contributed by atoms with Crippen molar-refractivity contribution in [2.75, 3.05) is 19.0 Å². The fourth-order valence-electron chi connectivity index (χ4n) is 2.67. The van der Waals surface area contributed by atoms with E-state index < -0.39 is 11.6 Å². The predicted molar refractivity (Wildman–Crippen MR) is 85.7 cm³/mol. The number of piperidine rings is 1. The van der Waals surface area contributed by atoms with Crippen LogP contribution in [-0.2, 0) is 0 Å². The molecule has 1 aliphatic heterocycles. The fourth-order valence-corrected chi connectivity index (χ4v) is 2.67. The van der Waals surface area contributed by atoms with Crippen LogP contribution in [0.1, 0.15) is 45.1 Å². The lowest BCUT2D eigenvalue weighted by molar-refractivity contribution is 0.0978. The molecular weight excluding hydrogens is 292 g/mol. The second kappa shape index (κ2) is 8.11. The van der Waals surface area contributed by atoms with Gasteiger partial charge < -0.3 is 5.11 Å². The Labute approximate surface area is 131 Å². The molecule has 5 heteroatoms. The number of aliphatic hydroxyl groups excluding tert-OH is 1. The number of aliphatic hydroxyl groups is 1. The smallest absolute Gasteiger partial charge is 0.129 e. The van der Waals surface area contributed by atoms with Gasteiger partial charge in [-0.1, -0.05) is 6.07 Å². The highest BCUT2D eigenvalue weighted by molar-refractivity contribution is 7.80. The van der Waals surface area contributed by atoms with Crippen LogP contribution in [0, 0.1) is 11.6 Å². The van der Waals surface area contributed by atoms with Crippen LogP contribution >= 0.6 is 12.6 Å². The van der Waals surface area contributed by atoms with Crippen LogP contribution in [0.5, 0.6) is 0 Å². The van der Waals surface area contributed by atoms with E-state index in [2.05, 4.69) is 38.3 Å². The van der Waals surface area contributed by atoms with Crippen molar-refractivity contribution in [1.29, 1.82) is 0 Å². The monoisotopic (exact) mass is 317 g/mol. The van der Waals surface area contributed by atoms with E-state index in [9.17, 15) is 8.78 Å². The van der Waals surface area contributed by atoms with E-state index in [0.717, 1.165) is 32.0 Å². The number of likely N-dealkylation sites (tertiary alicyclic amines) is 1. The van der Waals surface area contributed by atoms with Crippen molar-refractivity contribution in [2.45, 2.75) is 45.1 Å². The number of rotatable bonds is 1. The lowest BCUT2D eigenvalue weighted by atomic mass is 9.88. The second-order valence-corrected chi connectivity index (χ2v) is 6.55. The summed E-state index contributed by atoms with van der Waals surface area (Å²) in [5.41, 5.74) is 0.764. The molecular formula is C16H25F2NOS. The normalized spacial score (nSPS) is 19.9. The van der Waals surface area contributed by atoms with E-state index in [1.165, 1.54) is 6.07 Å². The molecule has 0 aliphatic carbocycles. The zero-order valence-electron chi connectivity index (χ0n) is 12.9. The van der Waals surface area contributed by atoms with Gasteiger partial charge in [-0.2, -0.15) is 12.6 Å².